The van der Waals surface area contributed by atoms with Crippen LogP contribution in [0.3, 0.4) is 0 Å². The van der Waals surface area contributed by atoms with E-state index in [0.717, 1.165) is 31.5 Å². The van der Waals surface area contributed by atoms with Crippen molar-refractivity contribution in [2.45, 2.75) is 12.8 Å². The molecule has 0 atom stereocenters. The molecule has 1 amide bonds. The van der Waals surface area contributed by atoms with Crippen molar-refractivity contribution in [2.24, 2.45) is 0 Å². The van der Waals surface area contributed by atoms with Gasteiger partial charge in [-0.05, 0) is 36.6 Å². The number of carbonyl (C=O) groups excluding carboxylic acids is 1. The first-order chi connectivity index (χ1) is 9.24. The van der Waals surface area contributed by atoms with Gasteiger partial charge in [-0.1, -0.05) is 12.1 Å². The zero-order chi connectivity index (χ0) is 13.7. The maximum absolute atomic E-state index is 12.1. The molecule has 94 valence electrons. The van der Waals surface area contributed by atoms with Crippen LogP contribution in [-0.2, 0) is 0 Å². The maximum atomic E-state index is 12.1. The quantitative estimate of drug-likeness (QED) is 0.758. The van der Waals surface area contributed by atoms with Crippen molar-refractivity contribution in [1.82, 2.24) is 4.90 Å². The van der Waals surface area contributed by atoms with Crippen LogP contribution in [-0.4, -0.2) is 23.9 Å². The summed E-state index contributed by atoms with van der Waals surface area (Å²) in [5, 5.41) is 17.3. The summed E-state index contributed by atoms with van der Waals surface area (Å²) >= 11 is 0. The lowest BCUT2D eigenvalue weighted by Crippen LogP contribution is -2.27. The Bertz CT molecular complexity index is 565. The van der Waals surface area contributed by atoms with Crippen molar-refractivity contribution in [3.05, 3.63) is 41.0 Å². The van der Waals surface area contributed by atoms with Crippen LogP contribution in [0.15, 0.2) is 29.8 Å². The lowest BCUT2D eigenvalue weighted by molar-refractivity contribution is 0.0793. The third kappa shape index (κ3) is 3.00. The molecule has 0 aromatic heterocycles. The molecule has 0 N–H and O–H groups in total. The third-order valence-corrected chi connectivity index (χ3v) is 3.10. The van der Waals surface area contributed by atoms with E-state index in [1.54, 1.807) is 24.3 Å². The van der Waals surface area contributed by atoms with Gasteiger partial charge >= 0.3 is 0 Å². The van der Waals surface area contributed by atoms with Crippen LogP contribution >= 0.6 is 0 Å². The molecule has 1 aliphatic heterocycles. The molecule has 1 saturated heterocycles. The van der Waals surface area contributed by atoms with Crippen molar-refractivity contribution in [3.8, 4) is 12.1 Å². The average molecular weight is 251 g/mol. The standard InChI is InChI=1S/C15H13N3O/c16-10-13(11-17)9-12-3-5-14(6-4-12)15(19)18-7-1-2-8-18/h3-6,9H,1-2,7-8H2. The molecule has 1 fully saturated rings. The summed E-state index contributed by atoms with van der Waals surface area (Å²) in [6, 6.07) is 10.6. The van der Waals surface area contributed by atoms with Crippen LogP contribution < -0.4 is 0 Å². The van der Waals surface area contributed by atoms with Crippen molar-refractivity contribution in [3.63, 3.8) is 0 Å². The van der Waals surface area contributed by atoms with Crippen molar-refractivity contribution in [2.75, 3.05) is 13.1 Å². The zero-order valence-corrected chi connectivity index (χ0v) is 10.5. The van der Waals surface area contributed by atoms with Gasteiger partial charge < -0.3 is 4.90 Å². The molecule has 0 radical (unpaired) electrons. The highest BCUT2D eigenvalue weighted by atomic mass is 16.2. The minimum absolute atomic E-state index is 0.0498. The van der Waals surface area contributed by atoms with E-state index >= 15 is 0 Å². The van der Waals surface area contributed by atoms with Gasteiger partial charge in [-0.2, -0.15) is 10.5 Å². The molecule has 0 aliphatic carbocycles. The Morgan fingerprint density at radius 1 is 1.11 bits per heavy atom. The van der Waals surface area contributed by atoms with E-state index in [9.17, 15) is 4.79 Å². The Morgan fingerprint density at radius 3 is 2.21 bits per heavy atom. The van der Waals surface area contributed by atoms with E-state index in [4.69, 9.17) is 10.5 Å². The highest BCUT2D eigenvalue weighted by molar-refractivity contribution is 5.94. The number of carbonyl (C=O) groups is 1. The van der Waals surface area contributed by atoms with Gasteiger partial charge in [0.2, 0.25) is 0 Å². The van der Waals surface area contributed by atoms with Crippen molar-refractivity contribution < 1.29 is 4.79 Å². The Hall–Kier alpha value is -2.59. The van der Waals surface area contributed by atoms with E-state index < -0.39 is 0 Å². The van der Waals surface area contributed by atoms with E-state index in [1.165, 1.54) is 6.08 Å². The number of nitriles is 2. The molecule has 1 aliphatic rings. The molecule has 19 heavy (non-hydrogen) atoms. The minimum Gasteiger partial charge on any atom is -0.339 e. The molecule has 0 saturated carbocycles. The summed E-state index contributed by atoms with van der Waals surface area (Å²) in [7, 11) is 0. The van der Waals surface area contributed by atoms with E-state index in [1.807, 2.05) is 17.0 Å². The molecule has 0 bridgehead atoms. The number of hydrogen-bond donors (Lipinski definition) is 0. The third-order valence-electron chi connectivity index (χ3n) is 3.10. The normalized spacial score (nSPS) is 13.5. The van der Waals surface area contributed by atoms with E-state index in [0.29, 0.717) is 5.56 Å². The zero-order valence-electron chi connectivity index (χ0n) is 10.5. The molecule has 4 heteroatoms. The second kappa shape index (κ2) is 5.84. The number of amides is 1. The first-order valence-corrected chi connectivity index (χ1v) is 6.16. The Morgan fingerprint density at radius 2 is 1.68 bits per heavy atom. The molecule has 2 rings (SSSR count). The van der Waals surface area contributed by atoms with Crippen LogP contribution in [0.4, 0.5) is 0 Å². The van der Waals surface area contributed by atoms with Crippen LogP contribution in [0.25, 0.3) is 6.08 Å². The highest BCUT2D eigenvalue weighted by Crippen LogP contribution is 2.14. The fraction of sp³-hybridized carbons (Fsp3) is 0.267. The van der Waals surface area contributed by atoms with Gasteiger partial charge in [0.15, 0.2) is 0 Å². The molecule has 1 aromatic carbocycles. The SMILES string of the molecule is N#CC(C#N)=Cc1ccc(C(=O)N2CCCC2)cc1. The monoisotopic (exact) mass is 251 g/mol. The summed E-state index contributed by atoms with van der Waals surface area (Å²) in [5.41, 5.74) is 1.45. The summed E-state index contributed by atoms with van der Waals surface area (Å²) in [6.45, 7) is 1.65. The number of allylic oxidation sites excluding steroid dienone is 1. The molecule has 0 spiro atoms. The maximum Gasteiger partial charge on any atom is 0.253 e. The first-order valence-electron chi connectivity index (χ1n) is 6.16. The van der Waals surface area contributed by atoms with Gasteiger partial charge in [0.05, 0.1) is 0 Å². The number of likely N-dealkylation sites (tertiary alicyclic amines) is 1. The summed E-state index contributed by atoms with van der Waals surface area (Å²) < 4.78 is 0. The van der Waals surface area contributed by atoms with Gasteiger partial charge in [0, 0.05) is 18.7 Å². The largest absolute Gasteiger partial charge is 0.339 e. The van der Waals surface area contributed by atoms with E-state index in [2.05, 4.69) is 0 Å². The molecule has 4 nitrogen and oxygen atoms in total. The number of benzene rings is 1. The van der Waals surface area contributed by atoms with Crippen molar-refractivity contribution >= 4 is 12.0 Å². The molecular weight excluding hydrogens is 238 g/mol. The van der Waals surface area contributed by atoms with Gasteiger partial charge in [0.1, 0.15) is 17.7 Å². The smallest absolute Gasteiger partial charge is 0.253 e. The lowest BCUT2D eigenvalue weighted by Gasteiger charge is -2.15. The van der Waals surface area contributed by atoms with Gasteiger partial charge in [-0.3, -0.25) is 4.79 Å². The predicted molar refractivity (Wildman–Crippen MR) is 70.8 cm³/mol. The molecule has 0 unspecified atom stereocenters. The average Bonchev–Trinajstić information content (AvgIpc) is 2.99. The first kappa shape index (κ1) is 12.9. The molecule has 1 aromatic rings. The molecular formula is C15H13N3O. The number of nitrogens with zero attached hydrogens (tertiary/aromatic N) is 3. The Kier molecular flexibility index (Phi) is 3.95. The second-order valence-corrected chi connectivity index (χ2v) is 4.40. The Balaban J connectivity index is 2.15. The minimum atomic E-state index is 0.0498. The summed E-state index contributed by atoms with van der Waals surface area (Å²) in [6.07, 6.45) is 3.64. The van der Waals surface area contributed by atoms with Crippen LogP contribution in [0.5, 0.6) is 0 Å². The lowest BCUT2D eigenvalue weighted by atomic mass is 10.1. The fourth-order valence-corrected chi connectivity index (χ4v) is 2.08. The van der Waals surface area contributed by atoms with Crippen LogP contribution in [0.1, 0.15) is 28.8 Å². The van der Waals surface area contributed by atoms with Gasteiger partial charge in [0.25, 0.3) is 5.91 Å². The van der Waals surface area contributed by atoms with Crippen molar-refractivity contribution in [1.29, 1.82) is 10.5 Å². The topological polar surface area (TPSA) is 67.9 Å². The number of rotatable bonds is 2. The second-order valence-electron chi connectivity index (χ2n) is 4.40. The van der Waals surface area contributed by atoms with Gasteiger partial charge in [-0.15, -0.1) is 0 Å². The fourth-order valence-electron chi connectivity index (χ4n) is 2.08. The summed E-state index contributed by atoms with van der Waals surface area (Å²) in [4.78, 5) is 13.9. The van der Waals surface area contributed by atoms with E-state index in [-0.39, 0.29) is 11.5 Å². The Labute approximate surface area is 112 Å². The molecule has 1 heterocycles. The summed E-state index contributed by atoms with van der Waals surface area (Å²) in [5.74, 6) is 0.0498. The van der Waals surface area contributed by atoms with Gasteiger partial charge in [-0.25, -0.2) is 0 Å². The van der Waals surface area contributed by atoms with Crippen LogP contribution in [0, 0.1) is 22.7 Å². The number of hydrogen-bond acceptors (Lipinski definition) is 3. The van der Waals surface area contributed by atoms with Crippen LogP contribution in [0.2, 0.25) is 0 Å². The predicted octanol–water partition coefficient (Wildman–Crippen LogP) is 2.35. The highest BCUT2D eigenvalue weighted by Gasteiger charge is 2.18.